The van der Waals surface area contributed by atoms with Crippen molar-refractivity contribution in [2.75, 3.05) is 6.61 Å². The maximum atomic E-state index is 13.8. The highest BCUT2D eigenvalue weighted by Gasteiger charge is 2.15. The molecule has 0 N–H and O–H groups in total. The molecule has 0 atom stereocenters. The molecular formula is C15H15FN4O2. The Labute approximate surface area is 126 Å². The Morgan fingerprint density at radius 1 is 1.14 bits per heavy atom. The number of rotatable bonds is 6. The van der Waals surface area contributed by atoms with E-state index in [0.29, 0.717) is 23.7 Å². The first-order valence-corrected chi connectivity index (χ1v) is 7.13. The van der Waals surface area contributed by atoms with E-state index in [9.17, 15) is 4.39 Å². The van der Waals surface area contributed by atoms with Gasteiger partial charge in [-0.1, -0.05) is 31.5 Å². The third-order valence-corrected chi connectivity index (χ3v) is 3.20. The number of unbranched alkanes of at least 4 members (excludes halogenated alkanes) is 1. The Kier molecular flexibility index (Phi) is 4.22. The van der Waals surface area contributed by atoms with Crippen molar-refractivity contribution in [3.05, 3.63) is 41.3 Å². The summed E-state index contributed by atoms with van der Waals surface area (Å²) in [4.78, 5) is 8.59. The van der Waals surface area contributed by atoms with Crippen LogP contribution in [0.3, 0.4) is 0 Å². The zero-order valence-electron chi connectivity index (χ0n) is 12.1. The van der Waals surface area contributed by atoms with E-state index in [-0.39, 0.29) is 23.5 Å². The van der Waals surface area contributed by atoms with Crippen LogP contribution in [-0.4, -0.2) is 26.9 Å². The molecule has 0 amide bonds. The molecule has 0 radical (unpaired) electrons. The lowest BCUT2D eigenvalue weighted by Crippen LogP contribution is -2.06. The van der Waals surface area contributed by atoms with E-state index in [1.807, 2.05) is 0 Å². The summed E-state index contributed by atoms with van der Waals surface area (Å²) in [6, 6.07) is 6.54. The van der Waals surface area contributed by atoms with E-state index in [1.54, 1.807) is 18.2 Å². The minimum atomic E-state index is -0.290. The SMILES string of the molecule is CCCCOc1nc2nonc2nc1Cc1ccccc1F. The number of halogens is 1. The minimum absolute atomic E-state index is 0.268. The first kappa shape index (κ1) is 14.4. The van der Waals surface area contributed by atoms with Crippen LogP contribution in [0.15, 0.2) is 28.9 Å². The standard InChI is InChI=1S/C15H15FN4O2/c1-2-3-8-21-15-12(9-10-6-4-5-7-11(10)16)17-13-14(18-15)20-22-19-13/h4-7H,2-3,8-9H2,1H3. The summed E-state index contributed by atoms with van der Waals surface area (Å²) in [5.41, 5.74) is 1.61. The average molecular weight is 302 g/mol. The molecule has 0 spiro atoms. The second-order valence-electron chi connectivity index (χ2n) is 4.86. The second kappa shape index (κ2) is 6.46. The highest BCUT2D eigenvalue weighted by molar-refractivity contribution is 5.64. The summed E-state index contributed by atoms with van der Waals surface area (Å²) < 4.78 is 24.1. The van der Waals surface area contributed by atoms with E-state index in [1.165, 1.54) is 6.07 Å². The maximum Gasteiger partial charge on any atom is 0.246 e. The van der Waals surface area contributed by atoms with Gasteiger partial charge in [-0.15, -0.1) is 0 Å². The van der Waals surface area contributed by atoms with Gasteiger partial charge in [0.15, 0.2) is 0 Å². The highest BCUT2D eigenvalue weighted by atomic mass is 19.1. The van der Waals surface area contributed by atoms with Gasteiger partial charge in [0, 0.05) is 6.42 Å². The normalized spacial score (nSPS) is 11.0. The van der Waals surface area contributed by atoms with Crippen LogP contribution in [0, 0.1) is 5.82 Å². The molecule has 0 aliphatic rings. The van der Waals surface area contributed by atoms with Gasteiger partial charge in [0.25, 0.3) is 0 Å². The van der Waals surface area contributed by atoms with Crippen molar-refractivity contribution in [2.24, 2.45) is 0 Å². The van der Waals surface area contributed by atoms with Gasteiger partial charge in [-0.3, -0.25) is 0 Å². The number of benzene rings is 1. The molecule has 0 aliphatic heterocycles. The number of nitrogens with zero attached hydrogens (tertiary/aromatic N) is 4. The predicted octanol–water partition coefficient (Wildman–Crippen LogP) is 2.92. The van der Waals surface area contributed by atoms with Crippen molar-refractivity contribution in [1.82, 2.24) is 20.3 Å². The molecular weight excluding hydrogens is 287 g/mol. The van der Waals surface area contributed by atoms with Crippen LogP contribution in [0.1, 0.15) is 31.0 Å². The summed E-state index contributed by atoms with van der Waals surface area (Å²) in [5.74, 6) is 0.0575. The molecule has 22 heavy (non-hydrogen) atoms. The third-order valence-electron chi connectivity index (χ3n) is 3.20. The lowest BCUT2D eigenvalue weighted by molar-refractivity contribution is 0.293. The quantitative estimate of drug-likeness (QED) is 0.652. The number of hydrogen-bond donors (Lipinski definition) is 0. The van der Waals surface area contributed by atoms with Gasteiger partial charge in [-0.25, -0.2) is 14.0 Å². The molecule has 0 saturated carbocycles. The van der Waals surface area contributed by atoms with Gasteiger partial charge in [0.2, 0.25) is 17.2 Å². The van der Waals surface area contributed by atoms with Gasteiger partial charge in [-0.2, -0.15) is 4.98 Å². The first-order chi connectivity index (χ1) is 10.8. The summed E-state index contributed by atoms with van der Waals surface area (Å²) in [7, 11) is 0. The van der Waals surface area contributed by atoms with Gasteiger partial charge in [-0.05, 0) is 28.4 Å². The average Bonchev–Trinajstić information content (AvgIpc) is 2.97. The Morgan fingerprint density at radius 3 is 2.68 bits per heavy atom. The molecule has 3 rings (SSSR count). The third kappa shape index (κ3) is 3.03. The van der Waals surface area contributed by atoms with Crippen molar-refractivity contribution in [3.8, 4) is 5.88 Å². The molecule has 2 aromatic heterocycles. The molecule has 6 nitrogen and oxygen atoms in total. The van der Waals surface area contributed by atoms with Crippen molar-refractivity contribution in [2.45, 2.75) is 26.2 Å². The van der Waals surface area contributed by atoms with Gasteiger partial charge >= 0.3 is 0 Å². The van der Waals surface area contributed by atoms with Crippen LogP contribution in [-0.2, 0) is 6.42 Å². The summed E-state index contributed by atoms with van der Waals surface area (Å²) in [6.07, 6.45) is 2.17. The van der Waals surface area contributed by atoms with Gasteiger partial charge in [0.05, 0.1) is 6.61 Å². The van der Waals surface area contributed by atoms with E-state index in [4.69, 9.17) is 4.74 Å². The predicted molar refractivity (Wildman–Crippen MR) is 77.0 cm³/mol. The molecule has 2 heterocycles. The summed E-state index contributed by atoms with van der Waals surface area (Å²) in [5, 5.41) is 7.33. The molecule has 0 fully saturated rings. The largest absolute Gasteiger partial charge is 0.476 e. The highest BCUT2D eigenvalue weighted by Crippen LogP contribution is 2.21. The topological polar surface area (TPSA) is 73.9 Å². The summed E-state index contributed by atoms with van der Waals surface area (Å²) in [6.45, 7) is 2.59. The van der Waals surface area contributed by atoms with Crippen LogP contribution in [0.4, 0.5) is 4.39 Å². The molecule has 0 unspecified atom stereocenters. The lowest BCUT2D eigenvalue weighted by atomic mass is 10.1. The van der Waals surface area contributed by atoms with Crippen molar-refractivity contribution in [3.63, 3.8) is 0 Å². The molecule has 1 aromatic carbocycles. The van der Waals surface area contributed by atoms with Crippen LogP contribution >= 0.6 is 0 Å². The Balaban J connectivity index is 1.94. The van der Waals surface area contributed by atoms with E-state index >= 15 is 0 Å². The summed E-state index contributed by atoms with van der Waals surface area (Å²) >= 11 is 0. The van der Waals surface area contributed by atoms with Crippen LogP contribution in [0.2, 0.25) is 0 Å². The fraction of sp³-hybridized carbons (Fsp3) is 0.333. The molecule has 3 aromatic rings. The van der Waals surface area contributed by atoms with Gasteiger partial charge < -0.3 is 4.74 Å². The van der Waals surface area contributed by atoms with Crippen molar-refractivity contribution >= 4 is 11.3 Å². The lowest BCUT2D eigenvalue weighted by Gasteiger charge is -2.09. The fourth-order valence-corrected chi connectivity index (χ4v) is 2.02. The van der Waals surface area contributed by atoms with E-state index < -0.39 is 0 Å². The minimum Gasteiger partial charge on any atom is -0.476 e. The molecule has 0 aliphatic carbocycles. The number of aromatic nitrogens is 4. The zero-order valence-corrected chi connectivity index (χ0v) is 12.1. The van der Waals surface area contributed by atoms with Crippen molar-refractivity contribution < 1.29 is 13.8 Å². The van der Waals surface area contributed by atoms with Crippen molar-refractivity contribution in [1.29, 1.82) is 0 Å². The zero-order chi connectivity index (χ0) is 15.4. The number of hydrogen-bond acceptors (Lipinski definition) is 6. The Bertz CT molecular complexity index is 775. The van der Waals surface area contributed by atoms with E-state index in [0.717, 1.165) is 12.8 Å². The fourth-order valence-electron chi connectivity index (χ4n) is 2.02. The van der Waals surface area contributed by atoms with Crippen LogP contribution < -0.4 is 4.74 Å². The molecule has 114 valence electrons. The number of fused-ring (bicyclic) bond motifs is 1. The number of ether oxygens (including phenoxy) is 1. The molecule has 0 saturated heterocycles. The maximum absolute atomic E-state index is 13.8. The van der Waals surface area contributed by atoms with E-state index in [2.05, 4.69) is 31.8 Å². The van der Waals surface area contributed by atoms with Gasteiger partial charge in [0.1, 0.15) is 11.5 Å². The van der Waals surface area contributed by atoms with Crippen LogP contribution in [0.25, 0.3) is 11.3 Å². The Morgan fingerprint density at radius 2 is 1.91 bits per heavy atom. The smallest absolute Gasteiger partial charge is 0.246 e. The van der Waals surface area contributed by atoms with Crippen LogP contribution in [0.5, 0.6) is 5.88 Å². The molecule has 0 bridgehead atoms. The Hall–Kier alpha value is -2.57. The monoisotopic (exact) mass is 302 g/mol. The first-order valence-electron chi connectivity index (χ1n) is 7.13. The second-order valence-corrected chi connectivity index (χ2v) is 4.86. The molecule has 7 heteroatoms.